The van der Waals surface area contributed by atoms with Crippen molar-refractivity contribution >= 4 is 29.6 Å². The van der Waals surface area contributed by atoms with Gasteiger partial charge >= 0.3 is 0 Å². The number of aromatic nitrogens is 3. The lowest BCUT2D eigenvalue weighted by atomic mass is 9.94. The van der Waals surface area contributed by atoms with Gasteiger partial charge in [0.15, 0.2) is 0 Å². The molecular formula is C20H24ClN5O2. The normalized spacial score (nSPS) is 14.6. The Kier molecular flexibility index (Phi) is 5.86. The summed E-state index contributed by atoms with van der Waals surface area (Å²) in [5.41, 5.74) is 4.45. The quantitative estimate of drug-likeness (QED) is 0.629. The minimum absolute atomic E-state index is 0. The van der Waals surface area contributed by atoms with Gasteiger partial charge in [-0.25, -0.2) is 4.52 Å². The molecule has 3 heterocycles. The molecule has 1 amide bonds. The number of H-pyrrole nitrogens is 1. The van der Waals surface area contributed by atoms with Gasteiger partial charge in [0.05, 0.1) is 11.9 Å². The van der Waals surface area contributed by atoms with Crippen molar-refractivity contribution in [3.05, 3.63) is 63.2 Å². The summed E-state index contributed by atoms with van der Waals surface area (Å²) in [6.07, 6.45) is 3.41. The molecule has 1 fully saturated rings. The Morgan fingerprint density at radius 3 is 2.64 bits per heavy atom. The summed E-state index contributed by atoms with van der Waals surface area (Å²) in [6, 6.07) is 7.37. The highest BCUT2D eigenvalue weighted by atomic mass is 35.5. The molecule has 8 heteroatoms. The second kappa shape index (κ2) is 8.16. The number of piperidine rings is 1. The minimum atomic E-state index is -0.286. The van der Waals surface area contributed by atoms with Crippen LogP contribution < -0.4 is 16.2 Å². The van der Waals surface area contributed by atoms with Crippen LogP contribution in [0, 0.1) is 13.8 Å². The number of rotatable bonds is 3. The summed E-state index contributed by atoms with van der Waals surface area (Å²) in [5.74, 6) is -0.0297. The first-order valence-electron chi connectivity index (χ1n) is 9.23. The molecule has 1 aliphatic heterocycles. The molecule has 0 atom stereocenters. The second-order valence-corrected chi connectivity index (χ2v) is 7.15. The number of halogens is 1. The van der Waals surface area contributed by atoms with Crippen LogP contribution >= 0.6 is 12.4 Å². The van der Waals surface area contributed by atoms with Crippen molar-refractivity contribution in [2.75, 3.05) is 18.4 Å². The third-order valence-electron chi connectivity index (χ3n) is 5.30. The zero-order valence-electron chi connectivity index (χ0n) is 15.9. The summed E-state index contributed by atoms with van der Waals surface area (Å²) >= 11 is 0. The van der Waals surface area contributed by atoms with Crippen LogP contribution in [-0.2, 0) is 0 Å². The first-order chi connectivity index (χ1) is 13.0. The van der Waals surface area contributed by atoms with Gasteiger partial charge in [0, 0.05) is 17.7 Å². The van der Waals surface area contributed by atoms with E-state index in [1.165, 1.54) is 11.8 Å². The number of fused-ring (bicyclic) bond motifs is 1. The molecule has 3 N–H and O–H groups in total. The number of aromatic amines is 1. The summed E-state index contributed by atoms with van der Waals surface area (Å²) in [7, 11) is 0. The number of hydrogen-bond donors (Lipinski definition) is 3. The smallest absolute Gasteiger partial charge is 0.261 e. The molecule has 1 aliphatic rings. The lowest BCUT2D eigenvalue weighted by molar-refractivity contribution is 0.102. The van der Waals surface area contributed by atoms with Gasteiger partial charge in [0.1, 0.15) is 11.2 Å². The number of nitrogens with zero attached hydrogens (tertiary/aromatic N) is 2. The molecule has 0 saturated carbocycles. The van der Waals surface area contributed by atoms with E-state index in [0.29, 0.717) is 11.2 Å². The van der Waals surface area contributed by atoms with Crippen LogP contribution in [0.5, 0.6) is 0 Å². The number of anilines is 1. The third kappa shape index (κ3) is 3.81. The van der Waals surface area contributed by atoms with Crippen LogP contribution in [0.25, 0.3) is 5.65 Å². The average Bonchev–Trinajstić information content (AvgIpc) is 3.08. The number of carbonyl (C=O) groups excluding carboxylic acids is 1. The number of nitrogens with one attached hydrogen (secondary N) is 3. The van der Waals surface area contributed by atoms with E-state index in [9.17, 15) is 9.59 Å². The zero-order valence-corrected chi connectivity index (χ0v) is 16.7. The molecule has 0 aliphatic carbocycles. The summed E-state index contributed by atoms with van der Waals surface area (Å²) in [6.45, 7) is 5.86. The Morgan fingerprint density at radius 2 is 1.93 bits per heavy atom. The first kappa shape index (κ1) is 20.1. The van der Waals surface area contributed by atoms with E-state index in [4.69, 9.17) is 0 Å². The number of amides is 1. The molecular weight excluding hydrogens is 378 g/mol. The Hall–Kier alpha value is -2.64. The van der Waals surface area contributed by atoms with Crippen molar-refractivity contribution in [2.45, 2.75) is 32.6 Å². The van der Waals surface area contributed by atoms with Gasteiger partial charge in [-0.15, -0.1) is 12.4 Å². The summed E-state index contributed by atoms with van der Waals surface area (Å²) in [5, 5.41) is 10.6. The largest absolute Gasteiger partial charge is 0.322 e. The Labute approximate surface area is 169 Å². The average molecular weight is 402 g/mol. The SMILES string of the molecule is Cc1ccc(NC(=O)c2cnn3c(C4CCNCC4)cc(=O)[nH]c23)cc1C.Cl. The lowest BCUT2D eigenvalue weighted by Gasteiger charge is -2.23. The van der Waals surface area contributed by atoms with E-state index in [-0.39, 0.29) is 29.8 Å². The van der Waals surface area contributed by atoms with Gasteiger partial charge in [-0.1, -0.05) is 6.07 Å². The van der Waals surface area contributed by atoms with Crippen molar-refractivity contribution in [3.63, 3.8) is 0 Å². The van der Waals surface area contributed by atoms with Crippen LogP contribution in [0.1, 0.15) is 45.9 Å². The molecule has 0 spiro atoms. The third-order valence-corrected chi connectivity index (χ3v) is 5.30. The number of aryl methyl sites for hydroxylation is 2. The zero-order chi connectivity index (χ0) is 19.0. The monoisotopic (exact) mass is 401 g/mol. The van der Waals surface area contributed by atoms with Crippen molar-refractivity contribution in [2.24, 2.45) is 0 Å². The fourth-order valence-electron chi connectivity index (χ4n) is 3.60. The van der Waals surface area contributed by atoms with Crippen LogP contribution in [0.4, 0.5) is 5.69 Å². The second-order valence-electron chi connectivity index (χ2n) is 7.15. The summed E-state index contributed by atoms with van der Waals surface area (Å²) < 4.78 is 1.70. The maximum absolute atomic E-state index is 12.8. The van der Waals surface area contributed by atoms with E-state index >= 15 is 0 Å². The predicted molar refractivity (Wildman–Crippen MR) is 112 cm³/mol. The highest BCUT2D eigenvalue weighted by molar-refractivity contribution is 6.08. The molecule has 0 radical (unpaired) electrons. The Balaban J connectivity index is 0.00000225. The first-order valence-corrected chi connectivity index (χ1v) is 9.23. The number of benzene rings is 1. The van der Waals surface area contributed by atoms with Crippen molar-refractivity contribution in [3.8, 4) is 0 Å². The molecule has 28 heavy (non-hydrogen) atoms. The molecule has 0 unspecified atom stereocenters. The number of carbonyl (C=O) groups is 1. The van der Waals surface area contributed by atoms with Crippen molar-refractivity contribution < 1.29 is 4.79 Å². The molecule has 1 saturated heterocycles. The Morgan fingerprint density at radius 1 is 1.18 bits per heavy atom. The van der Waals surface area contributed by atoms with Gasteiger partial charge in [-0.2, -0.15) is 5.10 Å². The van der Waals surface area contributed by atoms with E-state index in [0.717, 1.165) is 42.9 Å². The maximum Gasteiger partial charge on any atom is 0.261 e. The van der Waals surface area contributed by atoms with Gasteiger partial charge < -0.3 is 15.6 Å². The molecule has 4 rings (SSSR count). The fraction of sp³-hybridized carbons (Fsp3) is 0.350. The standard InChI is InChI=1S/C20H23N5O2.ClH/c1-12-3-4-15(9-13(12)2)23-20(27)16-11-22-25-17(10-18(26)24-19(16)25)14-5-7-21-8-6-14;/h3-4,9-11,14,21H,5-8H2,1-2H3,(H,23,27)(H,24,26);1H. The van der Waals surface area contributed by atoms with E-state index in [1.54, 1.807) is 10.6 Å². The lowest BCUT2D eigenvalue weighted by Crippen LogP contribution is -2.28. The summed E-state index contributed by atoms with van der Waals surface area (Å²) in [4.78, 5) is 27.8. The number of hydrogen-bond acceptors (Lipinski definition) is 4. The topological polar surface area (TPSA) is 91.3 Å². The van der Waals surface area contributed by atoms with Crippen molar-refractivity contribution in [1.29, 1.82) is 0 Å². The van der Waals surface area contributed by atoms with Crippen LogP contribution in [0.3, 0.4) is 0 Å². The highest BCUT2D eigenvalue weighted by Crippen LogP contribution is 2.25. The molecule has 2 aromatic heterocycles. The predicted octanol–water partition coefficient (Wildman–Crippen LogP) is 2.78. The molecule has 1 aromatic carbocycles. The van der Waals surface area contributed by atoms with Gasteiger partial charge in [0.25, 0.3) is 11.5 Å². The maximum atomic E-state index is 12.8. The fourth-order valence-corrected chi connectivity index (χ4v) is 3.60. The molecule has 148 valence electrons. The van der Waals surface area contributed by atoms with E-state index in [2.05, 4.69) is 20.7 Å². The van der Waals surface area contributed by atoms with Gasteiger partial charge in [-0.3, -0.25) is 9.59 Å². The highest BCUT2D eigenvalue weighted by Gasteiger charge is 2.22. The van der Waals surface area contributed by atoms with Crippen LogP contribution in [0.2, 0.25) is 0 Å². The van der Waals surface area contributed by atoms with Gasteiger partial charge in [-0.05, 0) is 63.0 Å². The van der Waals surface area contributed by atoms with E-state index < -0.39 is 0 Å². The van der Waals surface area contributed by atoms with Crippen LogP contribution in [0.15, 0.2) is 35.3 Å². The Bertz CT molecular complexity index is 1070. The van der Waals surface area contributed by atoms with Crippen LogP contribution in [-0.4, -0.2) is 33.6 Å². The molecule has 7 nitrogen and oxygen atoms in total. The molecule has 0 bridgehead atoms. The minimum Gasteiger partial charge on any atom is -0.322 e. The van der Waals surface area contributed by atoms with E-state index in [1.807, 2.05) is 32.0 Å². The van der Waals surface area contributed by atoms with Gasteiger partial charge in [0.2, 0.25) is 0 Å². The molecule has 3 aromatic rings. The van der Waals surface area contributed by atoms with Crippen molar-refractivity contribution in [1.82, 2.24) is 19.9 Å².